The van der Waals surface area contributed by atoms with Crippen LogP contribution in [-0.2, 0) is 20.7 Å². The average Bonchev–Trinajstić information content (AvgIpc) is 3.09. The zero-order chi connectivity index (χ0) is 17.2. The number of ether oxygens (including phenoxy) is 2. The lowest BCUT2D eigenvalue weighted by Gasteiger charge is -2.64. The van der Waals surface area contributed by atoms with Crippen LogP contribution in [0.1, 0.15) is 56.3 Å². The summed E-state index contributed by atoms with van der Waals surface area (Å²) < 4.78 is 17.3. The van der Waals surface area contributed by atoms with Gasteiger partial charge in [-0.05, 0) is 61.0 Å². The molecule has 3 aliphatic carbocycles. The summed E-state index contributed by atoms with van der Waals surface area (Å²) in [7, 11) is 1.53. The molecular formula is C21H28O4. The van der Waals surface area contributed by atoms with E-state index < -0.39 is 5.41 Å². The van der Waals surface area contributed by atoms with E-state index in [0.29, 0.717) is 30.3 Å². The van der Waals surface area contributed by atoms with Crippen molar-refractivity contribution >= 4 is 5.97 Å². The third kappa shape index (κ3) is 1.89. The summed E-state index contributed by atoms with van der Waals surface area (Å²) >= 11 is 0. The fourth-order valence-electron chi connectivity index (χ4n) is 7.31. The maximum absolute atomic E-state index is 12.8. The Labute approximate surface area is 149 Å². The summed E-state index contributed by atoms with van der Waals surface area (Å²) in [5.74, 6) is 3.31. The first-order valence-corrected chi connectivity index (χ1v) is 9.85. The Morgan fingerprint density at radius 1 is 1.28 bits per heavy atom. The van der Waals surface area contributed by atoms with Crippen molar-refractivity contribution in [3.63, 3.8) is 0 Å². The van der Waals surface area contributed by atoms with Crippen molar-refractivity contribution < 1.29 is 18.7 Å². The van der Waals surface area contributed by atoms with Crippen molar-refractivity contribution in [2.24, 2.45) is 28.6 Å². The third-order valence-electron chi connectivity index (χ3n) is 8.31. The molecule has 1 aliphatic heterocycles. The molecule has 25 heavy (non-hydrogen) atoms. The van der Waals surface area contributed by atoms with E-state index in [9.17, 15) is 4.79 Å². The summed E-state index contributed by atoms with van der Waals surface area (Å²) in [4.78, 5) is 12.8. The lowest BCUT2D eigenvalue weighted by molar-refractivity contribution is -0.233. The summed E-state index contributed by atoms with van der Waals surface area (Å²) in [5.41, 5.74) is 1.11. The largest absolute Gasteiger partial charge is 0.469 e. The molecular weight excluding hydrogens is 316 g/mol. The second kappa shape index (κ2) is 5.35. The van der Waals surface area contributed by atoms with Crippen molar-refractivity contribution in [1.82, 2.24) is 0 Å². The zero-order valence-electron chi connectivity index (χ0n) is 15.3. The fraction of sp³-hybridized carbons (Fsp3) is 0.762. The Bertz CT molecular complexity index is 680. The normalized spacial score (nSPS) is 45.0. The van der Waals surface area contributed by atoms with Gasteiger partial charge in [-0.2, -0.15) is 0 Å². The summed E-state index contributed by atoms with van der Waals surface area (Å²) in [6.45, 7) is 3.72. The van der Waals surface area contributed by atoms with Crippen LogP contribution in [0.5, 0.6) is 0 Å². The van der Waals surface area contributed by atoms with Crippen LogP contribution in [0.2, 0.25) is 0 Å². The van der Waals surface area contributed by atoms with Gasteiger partial charge in [0.15, 0.2) is 0 Å². The molecule has 5 rings (SSSR count). The lowest BCUT2D eigenvalue weighted by atomic mass is 9.42. The van der Waals surface area contributed by atoms with E-state index >= 15 is 0 Å². The van der Waals surface area contributed by atoms with Crippen LogP contribution in [0, 0.1) is 28.6 Å². The number of hydrogen-bond acceptors (Lipinski definition) is 4. The number of carbonyl (C=O) groups is 1. The van der Waals surface area contributed by atoms with Crippen LogP contribution >= 0.6 is 0 Å². The van der Waals surface area contributed by atoms with E-state index in [-0.39, 0.29) is 11.4 Å². The molecule has 0 radical (unpaired) electrons. The first-order chi connectivity index (χ1) is 12.1. The second-order valence-corrected chi connectivity index (χ2v) is 8.92. The molecule has 0 spiro atoms. The number of methoxy groups -OCH3 is 1. The predicted octanol–water partition coefficient (Wildman–Crippen LogP) is 3.94. The molecule has 0 unspecified atom stereocenters. The molecule has 4 aliphatic rings. The fourth-order valence-corrected chi connectivity index (χ4v) is 7.31. The Kier molecular flexibility index (Phi) is 3.41. The zero-order valence-corrected chi connectivity index (χ0v) is 15.3. The molecule has 0 aromatic carbocycles. The molecule has 0 amide bonds. The molecule has 2 heterocycles. The first kappa shape index (κ1) is 15.9. The summed E-state index contributed by atoms with van der Waals surface area (Å²) in [6.07, 6.45) is 8.42. The molecule has 6 atom stereocenters. The molecule has 4 nitrogen and oxygen atoms in total. The maximum atomic E-state index is 12.8. The molecule has 1 aromatic heterocycles. The Hall–Kier alpha value is -1.29. The molecule has 0 N–H and O–H groups in total. The van der Waals surface area contributed by atoms with Gasteiger partial charge < -0.3 is 13.9 Å². The van der Waals surface area contributed by atoms with E-state index in [4.69, 9.17) is 13.9 Å². The minimum absolute atomic E-state index is 0.0396. The Balaban J connectivity index is 1.59. The van der Waals surface area contributed by atoms with E-state index in [2.05, 4.69) is 13.0 Å². The standard InChI is InChI=1S/C21H28O4/c1-13-14-4-5-18-20(16(14)10-17-15(13)6-9-25-17)7-3-8-21(18,12-24-11-20)19(22)23-2/h6,9,13-14,16,18H,3-5,7-8,10-12H2,1-2H3/t13-,14+,16+,18-,20+,21+/m1/s1. The van der Waals surface area contributed by atoms with Crippen LogP contribution in [0.4, 0.5) is 0 Å². The van der Waals surface area contributed by atoms with Gasteiger partial charge in [-0.25, -0.2) is 0 Å². The first-order valence-electron chi connectivity index (χ1n) is 9.85. The van der Waals surface area contributed by atoms with Gasteiger partial charge in [0.2, 0.25) is 0 Å². The van der Waals surface area contributed by atoms with E-state index in [0.717, 1.165) is 32.3 Å². The van der Waals surface area contributed by atoms with Crippen LogP contribution < -0.4 is 0 Å². The van der Waals surface area contributed by atoms with Gasteiger partial charge in [-0.3, -0.25) is 4.79 Å². The van der Waals surface area contributed by atoms with Crippen LogP contribution in [-0.4, -0.2) is 26.3 Å². The smallest absolute Gasteiger partial charge is 0.314 e. The van der Waals surface area contributed by atoms with Crippen LogP contribution in [0.25, 0.3) is 0 Å². The molecule has 4 heteroatoms. The number of furan rings is 1. The molecule has 2 bridgehead atoms. The number of hydrogen-bond donors (Lipinski definition) is 0. The quantitative estimate of drug-likeness (QED) is 0.724. The van der Waals surface area contributed by atoms with Crippen molar-refractivity contribution in [1.29, 1.82) is 0 Å². The van der Waals surface area contributed by atoms with Gasteiger partial charge in [0.05, 0.1) is 32.0 Å². The van der Waals surface area contributed by atoms with Gasteiger partial charge in [0, 0.05) is 11.8 Å². The van der Waals surface area contributed by atoms with Crippen molar-refractivity contribution in [2.45, 2.75) is 51.4 Å². The molecule has 1 saturated heterocycles. The van der Waals surface area contributed by atoms with Crippen molar-refractivity contribution in [3.05, 3.63) is 23.7 Å². The average molecular weight is 344 g/mol. The maximum Gasteiger partial charge on any atom is 0.314 e. The molecule has 3 fully saturated rings. The van der Waals surface area contributed by atoms with Gasteiger partial charge >= 0.3 is 5.97 Å². The monoisotopic (exact) mass is 344 g/mol. The lowest BCUT2D eigenvalue weighted by Crippen LogP contribution is -2.65. The van der Waals surface area contributed by atoms with Crippen LogP contribution in [0.3, 0.4) is 0 Å². The van der Waals surface area contributed by atoms with Crippen LogP contribution in [0.15, 0.2) is 16.7 Å². The van der Waals surface area contributed by atoms with Crippen molar-refractivity contribution in [3.8, 4) is 0 Å². The summed E-state index contributed by atoms with van der Waals surface area (Å²) in [6, 6.07) is 2.16. The molecule has 1 aromatic rings. The number of rotatable bonds is 1. The minimum Gasteiger partial charge on any atom is -0.469 e. The Morgan fingerprint density at radius 3 is 3.00 bits per heavy atom. The van der Waals surface area contributed by atoms with Gasteiger partial charge in [0.1, 0.15) is 5.76 Å². The van der Waals surface area contributed by atoms with Crippen molar-refractivity contribution in [2.75, 3.05) is 20.3 Å². The minimum atomic E-state index is -0.414. The van der Waals surface area contributed by atoms with Gasteiger partial charge in [-0.15, -0.1) is 0 Å². The predicted molar refractivity (Wildman–Crippen MR) is 92.1 cm³/mol. The highest BCUT2D eigenvalue weighted by molar-refractivity contribution is 5.78. The number of esters is 1. The SMILES string of the molecule is COC(=O)[C@@]12CCC[C@]3(COC1)[C@H]1Cc4occc4[C@H](C)[C@@H]1CC[C@@H]23. The number of carbonyl (C=O) groups excluding carboxylic acids is 1. The van der Waals surface area contributed by atoms with E-state index in [1.54, 1.807) is 0 Å². The van der Waals surface area contributed by atoms with Gasteiger partial charge in [-0.1, -0.05) is 13.3 Å². The van der Waals surface area contributed by atoms with E-state index in [1.165, 1.54) is 31.3 Å². The topological polar surface area (TPSA) is 48.7 Å². The third-order valence-corrected chi connectivity index (χ3v) is 8.31. The highest BCUT2D eigenvalue weighted by atomic mass is 16.5. The van der Waals surface area contributed by atoms with E-state index in [1.807, 2.05) is 6.26 Å². The van der Waals surface area contributed by atoms with Gasteiger partial charge in [0.25, 0.3) is 0 Å². The summed E-state index contributed by atoms with van der Waals surface area (Å²) in [5, 5.41) is 0. The highest BCUT2D eigenvalue weighted by Gasteiger charge is 2.66. The molecule has 2 saturated carbocycles. The molecule has 136 valence electrons. The number of fused-ring (bicyclic) bond motifs is 2. The highest BCUT2D eigenvalue weighted by Crippen LogP contribution is 2.67. The Morgan fingerprint density at radius 2 is 2.16 bits per heavy atom. The second-order valence-electron chi connectivity index (χ2n) is 8.92.